The topological polar surface area (TPSA) is 83.1 Å². The van der Waals surface area contributed by atoms with Gasteiger partial charge in [0, 0.05) is 11.8 Å². The Morgan fingerprint density at radius 2 is 1.18 bits per heavy atom. The lowest BCUT2D eigenvalue weighted by Crippen LogP contribution is -2.20. The fourth-order valence-corrected chi connectivity index (χ4v) is 2.15. The summed E-state index contributed by atoms with van der Waals surface area (Å²) in [7, 11) is 6.36. The van der Waals surface area contributed by atoms with Crippen molar-refractivity contribution in [1.82, 2.24) is 0 Å². The first-order valence-corrected chi connectivity index (χ1v) is 10.9. The minimum atomic E-state index is -0.576. The summed E-state index contributed by atoms with van der Waals surface area (Å²) >= 11 is 15.6. The second-order valence-corrected chi connectivity index (χ2v) is 8.14. The molecule has 0 aliphatic carbocycles. The number of nitrogens with one attached hydrogen (secondary N) is 1. The van der Waals surface area contributed by atoms with Gasteiger partial charge in [-0.2, -0.15) is 0 Å². The van der Waals surface area contributed by atoms with Crippen LogP contribution in [0.5, 0.6) is 23.0 Å². The van der Waals surface area contributed by atoms with E-state index in [0.717, 1.165) is 11.5 Å². The molecule has 0 heterocycles. The molecule has 2 rings (SSSR count). The van der Waals surface area contributed by atoms with Crippen molar-refractivity contribution in [3.05, 3.63) is 42.0 Å². The second kappa shape index (κ2) is 16.3. The Labute approximate surface area is 210 Å². The van der Waals surface area contributed by atoms with E-state index in [1.165, 1.54) is 19.6 Å². The van der Waals surface area contributed by atoms with Crippen LogP contribution in [0.25, 0.3) is 0 Å². The highest BCUT2D eigenvalue weighted by Crippen LogP contribution is 2.30. The molecular weight excluding hydrogens is 493 g/mol. The lowest BCUT2D eigenvalue weighted by atomic mass is 10.2. The Bertz CT molecular complexity index is 890. The number of hydrogen-bond acceptors (Lipinski definition) is 6. The molecule has 0 radical (unpaired) electrons. The van der Waals surface area contributed by atoms with Crippen molar-refractivity contribution in [2.24, 2.45) is 0 Å². The molecule has 2 aromatic rings. The lowest BCUT2D eigenvalue weighted by molar-refractivity contribution is -0.115. The third kappa shape index (κ3) is 11.9. The zero-order valence-corrected chi connectivity index (χ0v) is 22.0. The maximum Gasteiger partial charge on any atom is 0.242 e. The van der Waals surface area contributed by atoms with Gasteiger partial charge in [0.2, 0.25) is 11.1 Å². The molecule has 0 saturated heterocycles. The molecule has 0 aliphatic heterocycles. The SMILES string of the molecule is CC(Cl)C(=O)Cl.COc1ccc(C)cc1OC.COc1ccc(NC(=O)C(C)Cl)cc1OC. The zero-order valence-electron chi connectivity index (χ0n) is 19.7. The number of halogens is 3. The van der Waals surface area contributed by atoms with Gasteiger partial charge in [0.15, 0.2) is 23.0 Å². The minimum Gasteiger partial charge on any atom is -0.493 e. The molecule has 2 atom stereocenters. The summed E-state index contributed by atoms with van der Waals surface area (Å²) in [6, 6.07) is 10.9. The van der Waals surface area contributed by atoms with Crippen LogP contribution in [-0.2, 0) is 9.59 Å². The summed E-state index contributed by atoms with van der Waals surface area (Å²) in [5, 5.41) is 1.03. The Morgan fingerprint density at radius 3 is 1.58 bits per heavy atom. The highest BCUT2D eigenvalue weighted by molar-refractivity contribution is 6.69. The van der Waals surface area contributed by atoms with Gasteiger partial charge < -0.3 is 24.3 Å². The van der Waals surface area contributed by atoms with Crippen LogP contribution in [0.2, 0.25) is 0 Å². The first-order valence-electron chi connectivity index (χ1n) is 9.69. The van der Waals surface area contributed by atoms with Gasteiger partial charge in [0.1, 0.15) is 10.8 Å². The van der Waals surface area contributed by atoms with Crippen molar-refractivity contribution >= 4 is 51.6 Å². The summed E-state index contributed by atoms with van der Waals surface area (Å²) in [4.78, 5) is 21.1. The van der Waals surface area contributed by atoms with Gasteiger partial charge >= 0.3 is 0 Å². The number of amides is 1. The summed E-state index contributed by atoms with van der Waals surface area (Å²) in [6.07, 6.45) is 0. The van der Waals surface area contributed by atoms with Gasteiger partial charge in [-0.3, -0.25) is 9.59 Å². The number of carbonyl (C=O) groups excluding carboxylic acids is 2. The molecule has 2 aromatic carbocycles. The van der Waals surface area contributed by atoms with Gasteiger partial charge in [0.05, 0.1) is 28.4 Å². The maximum absolute atomic E-state index is 11.4. The highest BCUT2D eigenvalue weighted by Gasteiger charge is 2.11. The van der Waals surface area contributed by atoms with E-state index in [-0.39, 0.29) is 5.91 Å². The Kier molecular flexibility index (Phi) is 15.1. The summed E-state index contributed by atoms with van der Waals surface area (Å²) in [5.74, 6) is 2.47. The number of rotatable bonds is 7. The number of carbonyl (C=O) groups is 2. The van der Waals surface area contributed by atoms with Crippen LogP contribution in [0.4, 0.5) is 5.69 Å². The molecule has 0 saturated carbocycles. The van der Waals surface area contributed by atoms with Crippen LogP contribution in [0.15, 0.2) is 36.4 Å². The van der Waals surface area contributed by atoms with Crippen LogP contribution in [-0.4, -0.2) is 50.3 Å². The standard InChI is InChI=1S/C11H14ClNO3.C9H12O2.C3H4Cl2O/c1-7(12)11(14)13-8-4-5-9(15-2)10(6-8)16-3;1-7-4-5-8(10-2)9(6-7)11-3;1-2(4)3(5)6/h4-7H,1-3H3,(H,13,14);4-6H,1-3H3;2H,1H3. The largest absolute Gasteiger partial charge is 0.493 e. The zero-order chi connectivity index (χ0) is 25.6. The van der Waals surface area contributed by atoms with Crippen LogP contribution < -0.4 is 24.3 Å². The molecule has 0 fully saturated rings. The molecule has 0 aliphatic rings. The smallest absolute Gasteiger partial charge is 0.242 e. The molecule has 33 heavy (non-hydrogen) atoms. The third-order valence-corrected chi connectivity index (χ3v) is 4.70. The maximum atomic E-state index is 11.4. The van der Waals surface area contributed by atoms with Crippen molar-refractivity contribution in [2.75, 3.05) is 33.8 Å². The number of aryl methyl sites for hydroxylation is 1. The first-order chi connectivity index (χ1) is 15.5. The molecule has 1 amide bonds. The van der Waals surface area contributed by atoms with E-state index in [1.54, 1.807) is 46.5 Å². The van der Waals surface area contributed by atoms with Gasteiger partial charge in [-0.15, -0.1) is 23.2 Å². The van der Waals surface area contributed by atoms with Gasteiger partial charge in [-0.25, -0.2) is 0 Å². The van der Waals surface area contributed by atoms with E-state index in [1.807, 2.05) is 25.1 Å². The van der Waals surface area contributed by atoms with Crippen LogP contribution in [0.3, 0.4) is 0 Å². The third-order valence-electron chi connectivity index (χ3n) is 3.86. The molecular formula is C23H30Cl3NO6. The average Bonchev–Trinajstić information content (AvgIpc) is 2.79. The number of benzene rings is 2. The monoisotopic (exact) mass is 521 g/mol. The van der Waals surface area contributed by atoms with Gasteiger partial charge in [0.25, 0.3) is 0 Å². The summed E-state index contributed by atoms with van der Waals surface area (Å²) in [6.45, 7) is 5.15. The molecule has 0 aromatic heterocycles. The van der Waals surface area contributed by atoms with E-state index in [2.05, 4.69) is 5.32 Å². The molecule has 0 spiro atoms. The van der Waals surface area contributed by atoms with Crippen LogP contribution >= 0.6 is 34.8 Å². The van der Waals surface area contributed by atoms with Crippen molar-refractivity contribution in [3.63, 3.8) is 0 Å². The molecule has 184 valence electrons. The first kappa shape index (κ1) is 30.6. The van der Waals surface area contributed by atoms with E-state index in [0.29, 0.717) is 17.2 Å². The minimum absolute atomic E-state index is 0.256. The summed E-state index contributed by atoms with van der Waals surface area (Å²) < 4.78 is 20.3. The molecule has 0 bridgehead atoms. The molecule has 1 N–H and O–H groups in total. The van der Waals surface area contributed by atoms with Gasteiger partial charge in [-0.05, 0) is 62.2 Å². The fourth-order valence-electron chi connectivity index (χ4n) is 2.10. The summed E-state index contributed by atoms with van der Waals surface area (Å²) in [5.41, 5.74) is 1.79. The Morgan fingerprint density at radius 1 is 0.758 bits per heavy atom. The molecule has 2 unspecified atom stereocenters. The van der Waals surface area contributed by atoms with E-state index < -0.39 is 16.0 Å². The fraction of sp³-hybridized carbons (Fsp3) is 0.391. The van der Waals surface area contributed by atoms with Crippen molar-refractivity contribution in [1.29, 1.82) is 0 Å². The molecule has 7 nitrogen and oxygen atoms in total. The van der Waals surface area contributed by atoms with Crippen molar-refractivity contribution in [3.8, 4) is 23.0 Å². The lowest BCUT2D eigenvalue weighted by Gasteiger charge is -2.11. The van der Waals surface area contributed by atoms with Crippen LogP contribution in [0, 0.1) is 6.92 Å². The number of hydrogen-bond donors (Lipinski definition) is 1. The number of alkyl halides is 2. The molecule has 10 heteroatoms. The predicted molar refractivity (Wildman–Crippen MR) is 134 cm³/mol. The van der Waals surface area contributed by atoms with Gasteiger partial charge in [-0.1, -0.05) is 6.07 Å². The Balaban J connectivity index is 0.000000520. The number of ether oxygens (including phenoxy) is 4. The quantitative estimate of drug-likeness (QED) is 0.373. The van der Waals surface area contributed by atoms with Crippen molar-refractivity contribution in [2.45, 2.75) is 31.5 Å². The van der Waals surface area contributed by atoms with Crippen molar-refractivity contribution < 1.29 is 28.5 Å². The second-order valence-electron chi connectivity index (χ2n) is 6.45. The van der Waals surface area contributed by atoms with E-state index in [9.17, 15) is 9.59 Å². The number of anilines is 1. The Hall–Kier alpha value is -2.35. The predicted octanol–water partition coefficient (Wildman–Crippen LogP) is 5.66. The normalized spacial score (nSPS) is 11.3. The number of methoxy groups -OCH3 is 4. The van der Waals surface area contributed by atoms with E-state index >= 15 is 0 Å². The van der Waals surface area contributed by atoms with Crippen LogP contribution in [0.1, 0.15) is 19.4 Å². The van der Waals surface area contributed by atoms with E-state index in [4.69, 9.17) is 53.8 Å². The highest BCUT2D eigenvalue weighted by atomic mass is 35.5. The average molecular weight is 523 g/mol.